The Morgan fingerprint density at radius 2 is 2.07 bits per heavy atom. The molecule has 1 aromatic rings. The van der Waals surface area contributed by atoms with Gasteiger partial charge in [-0.3, -0.25) is 0 Å². The molecule has 2 amide bonds. The highest BCUT2D eigenvalue weighted by Gasteiger charge is 2.45. The highest BCUT2D eigenvalue weighted by Crippen LogP contribution is 2.33. The number of alkyl halides is 3. The fraction of sp³-hybridized carbons (Fsp3) is 0.650. The average molecular weight is 397 g/mol. The fourth-order valence-electron chi connectivity index (χ4n) is 4.51. The zero-order chi connectivity index (χ0) is 19.9. The molecule has 5 nitrogen and oxygen atoms in total. The summed E-state index contributed by atoms with van der Waals surface area (Å²) in [6.45, 7) is 3.73. The number of aryl methyl sites for hydroxylation is 1. The van der Waals surface area contributed by atoms with Crippen LogP contribution in [0.25, 0.3) is 0 Å². The van der Waals surface area contributed by atoms with E-state index in [1.165, 1.54) is 21.6 Å². The van der Waals surface area contributed by atoms with E-state index in [9.17, 15) is 18.0 Å². The van der Waals surface area contributed by atoms with Crippen LogP contribution in [0.3, 0.4) is 0 Å². The molecular weight excluding hydrogens is 371 g/mol. The van der Waals surface area contributed by atoms with Gasteiger partial charge in [-0.1, -0.05) is 17.7 Å². The minimum Gasteiger partial charge on any atom is -0.365 e. The number of benzene rings is 1. The third-order valence-corrected chi connectivity index (χ3v) is 5.93. The molecule has 0 radical (unpaired) electrons. The number of nitrogens with zero attached hydrogens (tertiary/aromatic N) is 2. The summed E-state index contributed by atoms with van der Waals surface area (Å²) >= 11 is 0. The first kappa shape index (κ1) is 19.5. The molecule has 154 valence electrons. The van der Waals surface area contributed by atoms with Gasteiger partial charge < -0.3 is 19.9 Å². The maximum absolute atomic E-state index is 13.0. The van der Waals surface area contributed by atoms with Gasteiger partial charge in [0.1, 0.15) is 0 Å². The van der Waals surface area contributed by atoms with Crippen molar-refractivity contribution in [1.82, 2.24) is 15.1 Å². The first-order chi connectivity index (χ1) is 13.3. The number of amides is 2. The largest absolute Gasteiger partial charge is 0.416 e. The average Bonchev–Trinajstić information content (AvgIpc) is 3.20. The Morgan fingerprint density at radius 3 is 2.79 bits per heavy atom. The second-order valence-electron chi connectivity index (χ2n) is 7.94. The van der Waals surface area contributed by atoms with Gasteiger partial charge in [0.2, 0.25) is 0 Å². The quantitative estimate of drug-likeness (QED) is 0.792. The molecule has 2 fully saturated rings. The van der Waals surface area contributed by atoms with E-state index in [-0.39, 0.29) is 19.2 Å². The molecule has 0 bridgehead atoms. The molecule has 1 N–H and O–H groups in total. The van der Waals surface area contributed by atoms with E-state index in [4.69, 9.17) is 4.74 Å². The predicted molar refractivity (Wildman–Crippen MR) is 98.0 cm³/mol. The number of halogens is 3. The van der Waals surface area contributed by atoms with E-state index < -0.39 is 18.8 Å². The van der Waals surface area contributed by atoms with Crippen LogP contribution in [0, 0.1) is 6.92 Å². The van der Waals surface area contributed by atoms with Crippen LogP contribution in [0.1, 0.15) is 41.1 Å². The number of fused-ring (bicyclic) bond motifs is 1. The molecule has 3 heterocycles. The topological polar surface area (TPSA) is 44.8 Å². The van der Waals surface area contributed by atoms with Crippen LogP contribution in [-0.4, -0.2) is 60.9 Å². The van der Waals surface area contributed by atoms with Gasteiger partial charge in [0.05, 0.1) is 13.2 Å². The Kier molecular flexibility index (Phi) is 5.26. The third kappa shape index (κ3) is 3.85. The summed E-state index contributed by atoms with van der Waals surface area (Å²) < 4.78 is 43.8. The standard InChI is InChI=1S/C20H26F3N3O2/c1-13-9-14-4-6-25(11-16(14)15(10-13)17-3-2-5-24-17)19(27)26-7-8-28-18(12-26)20(21,22)23/h9-10,17-18,24H,2-8,11-12H2,1H3/t17-,18-/m0/s1. The van der Waals surface area contributed by atoms with Crippen molar-refractivity contribution in [2.75, 3.05) is 32.8 Å². The van der Waals surface area contributed by atoms with Crippen LogP contribution in [0.2, 0.25) is 0 Å². The van der Waals surface area contributed by atoms with Gasteiger partial charge in [-0.2, -0.15) is 13.2 Å². The number of morpholine rings is 1. The molecular formula is C20H26F3N3O2. The van der Waals surface area contributed by atoms with Crippen molar-refractivity contribution in [2.24, 2.45) is 0 Å². The van der Waals surface area contributed by atoms with Crippen molar-refractivity contribution in [1.29, 1.82) is 0 Å². The molecule has 0 aromatic heterocycles. The Labute approximate surface area is 162 Å². The van der Waals surface area contributed by atoms with E-state index in [1.54, 1.807) is 4.90 Å². The Bertz CT molecular complexity index is 747. The Morgan fingerprint density at radius 1 is 1.25 bits per heavy atom. The molecule has 28 heavy (non-hydrogen) atoms. The van der Waals surface area contributed by atoms with Gasteiger partial charge >= 0.3 is 12.2 Å². The van der Waals surface area contributed by atoms with Crippen molar-refractivity contribution in [3.63, 3.8) is 0 Å². The van der Waals surface area contributed by atoms with Crippen molar-refractivity contribution in [3.05, 3.63) is 34.4 Å². The van der Waals surface area contributed by atoms with E-state index in [0.717, 1.165) is 31.4 Å². The molecule has 2 saturated heterocycles. The van der Waals surface area contributed by atoms with Crippen molar-refractivity contribution < 1.29 is 22.7 Å². The first-order valence-electron chi connectivity index (χ1n) is 9.91. The second kappa shape index (κ2) is 7.55. The van der Waals surface area contributed by atoms with Crippen molar-refractivity contribution in [3.8, 4) is 0 Å². The summed E-state index contributed by atoms with van der Waals surface area (Å²) in [6.07, 6.45) is -3.42. The maximum atomic E-state index is 13.0. The summed E-state index contributed by atoms with van der Waals surface area (Å²) in [5.74, 6) is 0. The molecule has 0 spiro atoms. The van der Waals surface area contributed by atoms with Crippen LogP contribution >= 0.6 is 0 Å². The minimum atomic E-state index is -4.45. The van der Waals surface area contributed by atoms with Gasteiger partial charge in [0, 0.05) is 25.7 Å². The molecule has 3 aliphatic heterocycles. The van der Waals surface area contributed by atoms with Crippen LogP contribution in [-0.2, 0) is 17.7 Å². The van der Waals surface area contributed by atoms with E-state index in [2.05, 4.69) is 24.4 Å². The van der Waals surface area contributed by atoms with Crippen molar-refractivity contribution >= 4 is 6.03 Å². The fourth-order valence-corrected chi connectivity index (χ4v) is 4.51. The van der Waals surface area contributed by atoms with E-state index >= 15 is 0 Å². The molecule has 4 rings (SSSR count). The summed E-state index contributed by atoms with van der Waals surface area (Å²) in [5.41, 5.74) is 4.86. The third-order valence-electron chi connectivity index (χ3n) is 5.93. The number of rotatable bonds is 1. The molecule has 2 atom stereocenters. The first-order valence-corrected chi connectivity index (χ1v) is 9.91. The number of hydrogen-bond acceptors (Lipinski definition) is 3. The predicted octanol–water partition coefficient (Wildman–Crippen LogP) is 3.16. The number of urea groups is 1. The number of ether oxygens (including phenoxy) is 1. The monoisotopic (exact) mass is 397 g/mol. The SMILES string of the molecule is Cc1cc2c(c([C@@H]3CCCN3)c1)CN(C(=O)N1CCO[C@H](C(F)(F)F)C1)CC2. The van der Waals surface area contributed by atoms with Gasteiger partial charge in [-0.15, -0.1) is 0 Å². The molecule has 1 aromatic carbocycles. The molecule has 0 unspecified atom stereocenters. The van der Waals surface area contributed by atoms with Gasteiger partial charge in [0.15, 0.2) is 6.10 Å². The number of hydrogen-bond donors (Lipinski definition) is 1. The lowest BCUT2D eigenvalue weighted by molar-refractivity contribution is -0.234. The zero-order valence-electron chi connectivity index (χ0n) is 16.0. The number of nitrogens with one attached hydrogen (secondary N) is 1. The van der Waals surface area contributed by atoms with Crippen LogP contribution in [0.15, 0.2) is 12.1 Å². The molecule has 0 aliphatic carbocycles. The number of carbonyl (C=O) groups excluding carboxylic acids is 1. The highest BCUT2D eigenvalue weighted by molar-refractivity contribution is 5.75. The van der Waals surface area contributed by atoms with Gasteiger partial charge in [-0.25, -0.2) is 4.79 Å². The van der Waals surface area contributed by atoms with Gasteiger partial charge in [-0.05, 0) is 49.4 Å². The minimum absolute atomic E-state index is 0.0865. The molecule has 0 saturated carbocycles. The Balaban J connectivity index is 1.52. The van der Waals surface area contributed by atoms with Crippen LogP contribution in [0.4, 0.5) is 18.0 Å². The van der Waals surface area contributed by atoms with Crippen LogP contribution in [0.5, 0.6) is 0 Å². The highest BCUT2D eigenvalue weighted by atomic mass is 19.4. The Hall–Kier alpha value is -1.80. The summed E-state index contributed by atoms with van der Waals surface area (Å²) in [4.78, 5) is 15.9. The maximum Gasteiger partial charge on any atom is 0.416 e. The smallest absolute Gasteiger partial charge is 0.365 e. The lowest BCUT2D eigenvalue weighted by Crippen LogP contribution is -2.55. The van der Waals surface area contributed by atoms with Gasteiger partial charge in [0.25, 0.3) is 0 Å². The second-order valence-corrected chi connectivity index (χ2v) is 7.94. The zero-order valence-corrected chi connectivity index (χ0v) is 16.0. The van der Waals surface area contributed by atoms with Crippen molar-refractivity contribution in [2.45, 2.75) is 51.1 Å². The molecule has 3 aliphatic rings. The lowest BCUT2D eigenvalue weighted by atomic mass is 9.89. The summed E-state index contributed by atoms with van der Waals surface area (Å²) in [5, 5.41) is 3.52. The summed E-state index contributed by atoms with van der Waals surface area (Å²) in [7, 11) is 0. The lowest BCUT2D eigenvalue weighted by Gasteiger charge is -2.39. The normalized spacial score (nSPS) is 25.7. The number of carbonyl (C=O) groups is 1. The van der Waals surface area contributed by atoms with Crippen LogP contribution < -0.4 is 5.32 Å². The molecule has 8 heteroatoms. The summed E-state index contributed by atoms with van der Waals surface area (Å²) in [6, 6.07) is 4.32. The van der Waals surface area contributed by atoms with E-state index in [1.807, 2.05) is 0 Å². The van der Waals surface area contributed by atoms with E-state index in [0.29, 0.717) is 19.1 Å².